The molecule has 2 N–H and O–H groups in total. The molecule has 0 saturated carbocycles. The number of benzene rings is 1. The van der Waals surface area contributed by atoms with E-state index in [2.05, 4.69) is 20.2 Å². The molecule has 0 aliphatic heterocycles. The van der Waals surface area contributed by atoms with Gasteiger partial charge in [-0.25, -0.2) is 21.9 Å². The molecule has 12 heteroatoms. The summed E-state index contributed by atoms with van der Waals surface area (Å²) in [5.74, 6) is -0.252. The Kier molecular flexibility index (Phi) is 5.82. The van der Waals surface area contributed by atoms with Gasteiger partial charge < -0.3 is 4.42 Å². The number of halogens is 2. The number of amides is 1. The lowest BCUT2D eigenvalue weighted by Gasteiger charge is -2.10. The standard InChI is InChI=1S/C16H14F2N4O4S2/c1-9-4-5-11(28(24,25)19-8-10-3-2-6-26-10)7-12(9)14(23)20-16-22-21-15(27-16)13(17)18/h2-7,13,19H,8H2,1H3,(H,20,22,23). The predicted octanol–water partition coefficient (Wildman–Crippen LogP) is 3.11. The van der Waals surface area contributed by atoms with Crippen molar-refractivity contribution in [2.24, 2.45) is 0 Å². The molecule has 3 aromatic rings. The maximum Gasteiger partial charge on any atom is 0.291 e. The van der Waals surface area contributed by atoms with Gasteiger partial charge in [-0.1, -0.05) is 17.4 Å². The van der Waals surface area contributed by atoms with Crippen LogP contribution in [-0.2, 0) is 16.6 Å². The van der Waals surface area contributed by atoms with E-state index in [4.69, 9.17) is 4.42 Å². The molecule has 2 aromatic heterocycles. The number of rotatable bonds is 7. The fourth-order valence-electron chi connectivity index (χ4n) is 2.21. The van der Waals surface area contributed by atoms with Crippen molar-refractivity contribution in [1.82, 2.24) is 14.9 Å². The molecule has 0 bridgehead atoms. The zero-order chi connectivity index (χ0) is 20.3. The van der Waals surface area contributed by atoms with Gasteiger partial charge in [0.05, 0.1) is 17.7 Å². The van der Waals surface area contributed by atoms with E-state index in [0.717, 1.165) is 0 Å². The van der Waals surface area contributed by atoms with E-state index >= 15 is 0 Å². The van der Waals surface area contributed by atoms with Crippen LogP contribution in [0.25, 0.3) is 0 Å². The first-order valence-corrected chi connectivity index (χ1v) is 10.1. The van der Waals surface area contributed by atoms with Crippen molar-refractivity contribution >= 4 is 32.4 Å². The number of hydrogen-bond donors (Lipinski definition) is 2. The van der Waals surface area contributed by atoms with Crippen molar-refractivity contribution in [3.8, 4) is 0 Å². The summed E-state index contributed by atoms with van der Waals surface area (Å²) in [5, 5.41) is 8.48. The molecular formula is C16H14F2N4O4S2. The number of nitrogens with zero attached hydrogens (tertiary/aromatic N) is 2. The second kappa shape index (κ2) is 8.12. The van der Waals surface area contributed by atoms with Gasteiger partial charge in [-0.05, 0) is 36.8 Å². The zero-order valence-electron chi connectivity index (χ0n) is 14.3. The summed E-state index contributed by atoms with van der Waals surface area (Å²) in [7, 11) is -3.90. The van der Waals surface area contributed by atoms with Crippen molar-refractivity contribution in [3.05, 3.63) is 58.5 Å². The van der Waals surface area contributed by atoms with Gasteiger partial charge in [-0.2, -0.15) is 0 Å². The molecular weight excluding hydrogens is 414 g/mol. The largest absolute Gasteiger partial charge is 0.468 e. The lowest BCUT2D eigenvalue weighted by atomic mass is 10.1. The number of hydrogen-bond acceptors (Lipinski definition) is 7. The molecule has 0 atom stereocenters. The lowest BCUT2D eigenvalue weighted by molar-refractivity contribution is 0.102. The van der Waals surface area contributed by atoms with Crippen LogP contribution in [0, 0.1) is 6.92 Å². The number of carbonyl (C=O) groups is 1. The summed E-state index contributed by atoms with van der Waals surface area (Å²) in [6.45, 7) is 1.57. The van der Waals surface area contributed by atoms with Gasteiger partial charge in [0.1, 0.15) is 5.76 Å². The number of furan rings is 1. The number of aromatic nitrogens is 2. The van der Waals surface area contributed by atoms with Crippen molar-refractivity contribution < 1.29 is 26.4 Å². The van der Waals surface area contributed by atoms with E-state index in [1.165, 1.54) is 24.5 Å². The Labute approximate surface area is 162 Å². The highest BCUT2D eigenvalue weighted by Gasteiger charge is 2.20. The first kappa shape index (κ1) is 20.0. The molecule has 1 aromatic carbocycles. The maximum absolute atomic E-state index is 12.6. The van der Waals surface area contributed by atoms with Gasteiger partial charge in [0, 0.05) is 5.56 Å². The SMILES string of the molecule is Cc1ccc(S(=O)(=O)NCc2ccco2)cc1C(=O)Nc1nnc(C(F)F)s1. The normalized spacial score (nSPS) is 11.7. The Balaban J connectivity index is 1.78. The van der Waals surface area contributed by atoms with Crippen molar-refractivity contribution in [1.29, 1.82) is 0 Å². The minimum absolute atomic E-state index is 0.0497. The third-order valence-corrected chi connectivity index (χ3v) is 5.87. The highest BCUT2D eigenvalue weighted by molar-refractivity contribution is 7.89. The van der Waals surface area contributed by atoms with E-state index in [1.807, 2.05) is 0 Å². The molecule has 2 heterocycles. The molecule has 8 nitrogen and oxygen atoms in total. The number of sulfonamides is 1. The number of nitrogens with one attached hydrogen (secondary N) is 2. The van der Waals surface area contributed by atoms with Crippen LogP contribution in [-0.4, -0.2) is 24.5 Å². The predicted molar refractivity (Wildman–Crippen MR) is 96.7 cm³/mol. The summed E-state index contributed by atoms with van der Waals surface area (Å²) in [5.41, 5.74) is 0.566. The molecule has 0 aliphatic carbocycles. The van der Waals surface area contributed by atoms with Gasteiger partial charge in [0.25, 0.3) is 12.3 Å². The van der Waals surface area contributed by atoms with Crippen LogP contribution in [0.4, 0.5) is 13.9 Å². The van der Waals surface area contributed by atoms with Gasteiger partial charge in [0.2, 0.25) is 15.2 Å². The van der Waals surface area contributed by atoms with E-state index in [1.54, 1.807) is 19.1 Å². The minimum atomic E-state index is -3.90. The fraction of sp³-hybridized carbons (Fsp3) is 0.188. The summed E-state index contributed by atoms with van der Waals surface area (Å²) in [6.07, 6.45) is -1.37. The maximum atomic E-state index is 12.6. The second-order valence-electron chi connectivity index (χ2n) is 5.58. The van der Waals surface area contributed by atoms with E-state index in [-0.39, 0.29) is 22.1 Å². The first-order chi connectivity index (χ1) is 13.3. The van der Waals surface area contributed by atoms with Crippen LogP contribution >= 0.6 is 11.3 Å². The van der Waals surface area contributed by atoms with E-state index < -0.39 is 27.4 Å². The topological polar surface area (TPSA) is 114 Å². The minimum Gasteiger partial charge on any atom is -0.468 e. The summed E-state index contributed by atoms with van der Waals surface area (Å²) in [4.78, 5) is 12.3. The third kappa shape index (κ3) is 4.58. The third-order valence-electron chi connectivity index (χ3n) is 3.63. The van der Waals surface area contributed by atoms with Crippen LogP contribution in [0.1, 0.15) is 33.1 Å². The van der Waals surface area contributed by atoms with Gasteiger partial charge >= 0.3 is 0 Å². The van der Waals surface area contributed by atoms with Gasteiger partial charge in [-0.3, -0.25) is 10.1 Å². The Morgan fingerprint density at radius 1 is 1.29 bits per heavy atom. The zero-order valence-corrected chi connectivity index (χ0v) is 16.0. The molecule has 0 saturated heterocycles. The van der Waals surface area contributed by atoms with Crippen LogP contribution in [0.2, 0.25) is 0 Å². The molecule has 1 amide bonds. The van der Waals surface area contributed by atoms with E-state index in [9.17, 15) is 22.0 Å². The molecule has 28 heavy (non-hydrogen) atoms. The quantitative estimate of drug-likeness (QED) is 0.598. The molecule has 0 spiro atoms. The molecule has 0 fully saturated rings. The Hall–Kier alpha value is -2.70. The molecule has 0 unspecified atom stereocenters. The average Bonchev–Trinajstić information content (AvgIpc) is 3.32. The van der Waals surface area contributed by atoms with Crippen molar-refractivity contribution in [2.45, 2.75) is 24.8 Å². The molecule has 0 radical (unpaired) electrons. The van der Waals surface area contributed by atoms with Crippen molar-refractivity contribution in [3.63, 3.8) is 0 Å². The van der Waals surface area contributed by atoms with Crippen LogP contribution < -0.4 is 10.0 Å². The second-order valence-corrected chi connectivity index (χ2v) is 8.36. The highest BCUT2D eigenvalue weighted by Crippen LogP contribution is 2.26. The van der Waals surface area contributed by atoms with Crippen LogP contribution in [0.3, 0.4) is 0 Å². The Bertz CT molecular complexity index is 1080. The molecule has 0 aliphatic rings. The average molecular weight is 428 g/mol. The number of carbonyl (C=O) groups excluding carboxylic acids is 1. The smallest absolute Gasteiger partial charge is 0.291 e. The number of anilines is 1. The van der Waals surface area contributed by atoms with Crippen LogP contribution in [0.15, 0.2) is 45.9 Å². The number of alkyl halides is 2. The van der Waals surface area contributed by atoms with Gasteiger partial charge in [0.15, 0.2) is 5.01 Å². The monoisotopic (exact) mass is 428 g/mol. The molecule has 148 valence electrons. The van der Waals surface area contributed by atoms with E-state index in [0.29, 0.717) is 22.7 Å². The lowest BCUT2D eigenvalue weighted by Crippen LogP contribution is -2.24. The summed E-state index contributed by atoms with van der Waals surface area (Å²) in [6, 6.07) is 7.28. The molecule has 3 rings (SSSR count). The Morgan fingerprint density at radius 3 is 2.71 bits per heavy atom. The summed E-state index contributed by atoms with van der Waals surface area (Å²) < 4.78 is 57.5. The first-order valence-electron chi connectivity index (χ1n) is 7.82. The highest BCUT2D eigenvalue weighted by atomic mass is 32.2. The van der Waals surface area contributed by atoms with Crippen molar-refractivity contribution in [2.75, 3.05) is 5.32 Å². The fourth-order valence-corrected chi connectivity index (χ4v) is 3.83. The number of aryl methyl sites for hydroxylation is 1. The van der Waals surface area contributed by atoms with Crippen LogP contribution in [0.5, 0.6) is 0 Å². The Morgan fingerprint density at radius 2 is 2.07 bits per heavy atom. The van der Waals surface area contributed by atoms with Gasteiger partial charge in [-0.15, -0.1) is 10.2 Å². The summed E-state index contributed by atoms with van der Waals surface area (Å²) >= 11 is 0.541.